The Morgan fingerprint density at radius 3 is 2.67 bits per heavy atom. The Hall–Kier alpha value is -0.280. The maximum absolute atomic E-state index is 12.2. The molecule has 0 aromatic carbocycles. The van der Waals surface area contributed by atoms with E-state index in [2.05, 4.69) is 6.92 Å². The molecule has 1 saturated heterocycles. The van der Waals surface area contributed by atoms with Crippen LogP contribution in [-0.2, 0) is 9.53 Å². The van der Waals surface area contributed by atoms with Crippen LogP contribution in [0.15, 0.2) is 0 Å². The van der Waals surface area contributed by atoms with Crippen molar-refractivity contribution in [1.29, 1.82) is 0 Å². The average molecular weight is 232 g/mol. The number of amides is 1. The number of ether oxygens (including phenoxy) is 1. The zero-order valence-corrected chi connectivity index (χ0v) is 9.87. The number of halogens is 1. The number of nitrogens with zero attached hydrogens (tertiary/aromatic N) is 1. The van der Waals surface area contributed by atoms with Gasteiger partial charge in [0.25, 0.3) is 5.91 Å². The van der Waals surface area contributed by atoms with E-state index in [0.717, 1.165) is 25.9 Å². The maximum Gasteiger partial charge on any atom is 0.252 e. The number of carbonyl (C=O) groups excluding carboxylic acids is 1. The van der Waals surface area contributed by atoms with Gasteiger partial charge in [-0.05, 0) is 25.2 Å². The minimum absolute atomic E-state index is 0.156. The minimum atomic E-state index is -0.214. The first kappa shape index (κ1) is 11.2. The molecule has 0 spiro atoms. The molecular weight excluding hydrogens is 214 g/mol. The topological polar surface area (TPSA) is 29.5 Å². The molecule has 15 heavy (non-hydrogen) atoms. The van der Waals surface area contributed by atoms with E-state index in [-0.39, 0.29) is 12.0 Å². The predicted octanol–water partition coefficient (Wildman–Crippen LogP) is 1.64. The Balaban J connectivity index is 1.96. The van der Waals surface area contributed by atoms with E-state index < -0.39 is 0 Å². The lowest BCUT2D eigenvalue weighted by molar-refractivity contribution is -0.142. The van der Waals surface area contributed by atoms with Crippen molar-refractivity contribution in [3.8, 4) is 0 Å². The number of hydrogen-bond acceptors (Lipinski definition) is 2. The Bertz CT molecular complexity index is 243. The molecule has 2 rings (SSSR count). The summed E-state index contributed by atoms with van der Waals surface area (Å²) in [6.45, 7) is 3.47. The van der Waals surface area contributed by atoms with Gasteiger partial charge in [-0.3, -0.25) is 4.79 Å². The molecule has 1 heterocycles. The normalized spacial score (nSPS) is 30.5. The first-order chi connectivity index (χ1) is 7.24. The van der Waals surface area contributed by atoms with Crippen molar-refractivity contribution in [3.63, 3.8) is 0 Å². The van der Waals surface area contributed by atoms with Crippen molar-refractivity contribution >= 4 is 17.5 Å². The van der Waals surface area contributed by atoms with Crippen LogP contribution in [0, 0.1) is 5.92 Å². The van der Waals surface area contributed by atoms with Gasteiger partial charge in [0.1, 0.15) is 6.10 Å². The van der Waals surface area contributed by atoms with Gasteiger partial charge in [-0.2, -0.15) is 0 Å². The summed E-state index contributed by atoms with van der Waals surface area (Å²) >= 11 is 5.72. The SMILES string of the molecule is CC1CCOC1C(=O)N(CCCl)C1CC1. The first-order valence-electron chi connectivity index (χ1n) is 5.72. The van der Waals surface area contributed by atoms with E-state index in [1.54, 1.807) is 0 Å². The second-order valence-corrected chi connectivity index (χ2v) is 4.89. The summed E-state index contributed by atoms with van der Waals surface area (Å²) in [6, 6.07) is 0.438. The quantitative estimate of drug-likeness (QED) is 0.689. The highest BCUT2D eigenvalue weighted by Crippen LogP contribution is 2.30. The Morgan fingerprint density at radius 1 is 1.47 bits per heavy atom. The number of hydrogen-bond donors (Lipinski definition) is 0. The summed E-state index contributed by atoms with van der Waals surface area (Å²) in [5, 5.41) is 0. The monoisotopic (exact) mass is 231 g/mol. The van der Waals surface area contributed by atoms with E-state index in [4.69, 9.17) is 16.3 Å². The Labute approximate surface area is 95.7 Å². The van der Waals surface area contributed by atoms with Crippen LogP contribution >= 0.6 is 11.6 Å². The van der Waals surface area contributed by atoms with Crippen molar-refractivity contribution in [3.05, 3.63) is 0 Å². The molecule has 2 atom stereocenters. The van der Waals surface area contributed by atoms with Crippen LogP contribution < -0.4 is 0 Å². The van der Waals surface area contributed by atoms with Crippen molar-refractivity contribution in [2.45, 2.75) is 38.3 Å². The fraction of sp³-hybridized carbons (Fsp3) is 0.909. The summed E-state index contributed by atoms with van der Waals surface area (Å²) in [7, 11) is 0. The second kappa shape index (κ2) is 4.71. The third-order valence-electron chi connectivity index (χ3n) is 3.23. The second-order valence-electron chi connectivity index (χ2n) is 4.51. The lowest BCUT2D eigenvalue weighted by Gasteiger charge is -2.26. The summed E-state index contributed by atoms with van der Waals surface area (Å²) in [5.74, 6) is 1.03. The van der Waals surface area contributed by atoms with E-state index >= 15 is 0 Å². The molecule has 2 aliphatic rings. The third-order valence-corrected chi connectivity index (χ3v) is 3.40. The van der Waals surface area contributed by atoms with E-state index in [9.17, 15) is 4.79 Å². The largest absolute Gasteiger partial charge is 0.368 e. The van der Waals surface area contributed by atoms with Crippen LogP contribution in [0.1, 0.15) is 26.2 Å². The van der Waals surface area contributed by atoms with Gasteiger partial charge in [-0.1, -0.05) is 6.92 Å². The van der Waals surface area contributed by atoms with Crippen molar-refractivity contribution in [2.24, 2.45) is 5.92 Å². The van der Waals surface area contributed by atoms with Crippen molar-refractivity contribution in [1.82, 2.24) is 4.90 Å². The summed E-state index contributed by atoms with van der Waals surface area (Å²) < 4.78 is 5.50. The molecule has 4 heteroatoms. The fourth-order valence-corrected chi connectivity index (χ4v) is 2.31. The van der Waals surface area contributed by atoms with Crippen LogP contribution in [0.4, 0.5) is 0 Å². The highest BCUT2D eigenvalue weighted by Gasteiger charge is 2.39. The number of alkyl halides is 1. The van der Waals surface area contributed by atoms with Gasteiger partial charge < -0.3 is 9.64 Å². The van der Waals surface area contributed by atoms with Crippen LogP contribution in [0.25, 0.3) is 0 Å². The number of carbonyl (C=O) groups is 1. The van der Waals surface area contributed by atoms with Gasteiger partial charge >= 0.3 is 0 Å². The van der Waals surface area contributed by atoms with Gasteiger partial charge in [-0.25, -0.2) is 0 Å². The molecule has 0 aromatic heterocycles. The third kappa shape index (κ3) is 2.45. The summed E-state index contributed by atoms with van der Waals surface area (Å²) in [6.07, 6.45) is 3.04. The fourth-order valence-electron chi connectivity index (χ4n) is 2.12. The summed E-state index contributed by atoms with van der Waals surface area (Å²) in [4.78, 5) is 14.1. The van der Waals surface area contributed by atoms with Crippen LogP contribution in [0.2, 0.25) is 0 Å². The molecule has 3 nitrogen and oxygen atoms in total. The molecule has 0 N–H and O–H groups in total. The molecule has 1 aliphatic heterocycles. The molecule has 1 amide bonds. The van der Waals surface area contributed by atoms with Crippen molar-refractivity contribution in [2.75, 3.05) is 19.0 Å². The lowest BCUT2D eigenvalue weighted by atomic mass is 10.0. The molecular formula is C11H18ClNO2. The van der Waals surface area contributed by atoms with Crippen molar-refractivity contribution < 1.29 is 9.53 Å². The molecule has 1 saturated carbocycles. The molecule has 2 unspecified atom stereocenters. The lowest BCUT2D eigenvalue weighted by Crippen LogP contribution is -2.43. The Morgan fingerprint density at radius 2 is 2.20 bits per heavy atom. The van der Waals surface area contributed by atoms with Gasteiger partial charge in [0, 0.05) is 25.1 Å². The smallest absolute Gasteiger partial charge is 0.252 e. The summed E-state index contributed by atoms with van der Waals surface area (Å²) in [5.41, 5.74) is 0. The predicted molar refractivity (Wildman–Crippen MR) is 59.0 cm³/mol. The van der Waals surface area contributed by atoms with Crippen LogP contribution in [-0.4, -0.2) is 42.0 Å². The highest BCUT2D eigenvalue weighted by molar-refractivity contribution is 6.18. The van der Waals surface area contributed by atoms with Gasteiger partial charge in [-0.15, -0.1) is 11.6 Å². The number of rotatable bonds is 4. The zero-order chi connectivity index (χ0) is 10.8. The van der Waals surface area contributed by atoms with Gasteiger partial charge in [0.15, 0.2) is 0 Å². The maximum atomic E-state index is 12.2. The Kier molecular flexibility index (Phi) is 3.52. The van der Waals surface area contributed by atoms with E-state index in [1.807, 2.05) is 4.90 Å². The average Bonchev–Trinajstić information content (AvgIpc) is 2.97. The van der Waals surface area contributed by atoms with Crippen LogP contribution in [0.5, 0.6) is 0 Å². The minimum Gasteiger partial charge on any atom is -0.368 e. The molecule has 2 fully saturated rings. The molecule has 1 aliphatic carbocycles. The molecule has 0 aromatic rings. The van der Waals surface area contributed by atoms with E-state index in [1.165, 1.54) is 0 Å². The molecule has 0 radical (unpaired) electrons. The zero-order valence-electron chi connectivity index (χ0n) is 9.12. The van der Waals surface area contributed by atoms with Gasteiger partial charge in [0.05, 0.1) is 0 Å². The van der Waals surface area contributed by atoms with E-state index in [0.29, 0.717) is 24.4 Å². The molecule has 86 valence electrons. The highest BCUT2D eigenvalue weighted by atomic mass is 35.5. The molecule has 0 bridgehead atoms. The van der Waals surface area contributed by atoms with Gasteiger partial charge in [0.2, 0.25) is 0 Å². The standard InChI is InChI=1S/C11H18ClNO2/c1-8-4-7-15-10(8)11(14)13(6-5-12)9-2-3-9/h8-10H,2-7H2,1H3. The van der Waals surface area contributed by atoms with Crippen LogP contribution in [0.3, 0.4) is 0 Å². The first-order valence-corrected chi connectivity index (χ1v) is 6.25.